The predicted molar refractivity (Wildman–Crippen MR) is 164 cm³/mol. The number of amides is 2. The summed E-state index contributed by atoms with van der Waals surface area (Å²) in [5, 5.41) is 7.10. The van der Waals surface area contributed by atoms with Crippen LogP contribution in [0.15, 0.2) is 47.6 Å². The van der Waals surface area contributed by atoms with Crippen LogP contribution in [0.1, 0.15) is 107 Å². The quantitative estimate of drug-likeness (QED) is 0.0560. The van der Waals surface area contributed by atoms with Crippen LogP contribution in [0.4, 0.5) is 0 Å². The second-order valence-electron chi connectivity index (χ2n) is 9.89. The molecule has 9 heteroatoms. The molecule has 224 valence electrons. The molecule has 0 unspecified atom stereocenters. The maximum Gasteiger partial charge on any atom is 0.343 e. The van der Waals surface area contributed by atoms with Crippen LogP contribution in [-0.2, 0) is 9.59 Å². The fourth-order valence-electron chi connectivity index (χ4n) is 4.14. The van der Waals surface area contributed by atoms with Crippen molar-refractivity contribution in [1.82, 2.24) is 10.7 Å². The summed E-state index contributed by atoms with van der Waals surface area (Å²) in [6.07, 6.45) is 15.3. The first-order valence-corrected chi connectivity index (χ1v) is 15.1. The van der Waals surface area contributed by atoms with Gasteiger partial charge < -0.3 is 14.8 Å². The highest BCUT2D eigenvalue weighted by Gasteiger charge is 2.13. The molecular weight excluding hydrogens is 542 g/mol. The zero-order valence-electron chi connectivity index (χ0n) is 24.4. The third-order valence-corrected chi connectivity index (χ3v) is 6.66. The Balaban J connectivity index is 1.66. The number of carbonyl (C=O) groups is 3. The highest BCUT2D eigenvalue weighted by atomic mass is 35.5. The number of hydrogen-bond acceptors (Lipinski definition) is 6. The number of esters is 1. The fraction of sp³-hybridized carbons (Fsp3) is 0.500. The maximum atomic E-state index is 12.5. The van der Waals surface area contributed by atoms with E-state index in [4.69, 9.17) is 21.1 Å². The zero-order chi connectivity index (χ0) is 29.7. The van der Waals surface area contributed by atoms with Gasteiger partial charge in [0.15, 0.2) is 11.5 Å². The van der Waals surface area contributed by atoms with Crippen molar-refractivity contribution in [3.05, 3.63) is 58.6 Å². The van der Waals surface area contributed by atoms with E-state index in [2.05, 4.69) is 22.8 Å². The average molecular weight is 586 g/mol. The number of rotatable bonds is 20. The summed E-state index contributed by atoms with van der Waals surface area (Å²) in [6.45, 7) is 4.27. The Labute approximate surface area is 249 Å². The molecule has 2 N–H and O–H groups in total. The first kappa shape index (κ1) is 33.8. The third-order valence-electron chi connectivity index (χ3n) is 6.41. The Kier molecular flexibility index (Phi) is 16.9. The van der Waals surface area contributed by atoms with Crippen molar-refractivity contribution >= 4 is 35.6 Å². The Bertz CT molecular complexity index is 1110. The summed E-state index contributed by atoms with van der Waals surface area (Å²) in [7, 11) is 0. The van der Waals surface area contributed by atoms with Gasteiger partial charge in [-0.05, 0) is 61.4 Å². The van der Waals surface area contributed by atoms with Gasteiger partial charge in [0.25, 0.3) is 5.91 Å². The molecule has 2 aromatic carbocycles. The number of hydrogen-bond donors (Lipinski definition) is 2. The highest BCUT2D eigenvalue weighted by Crippen LogP contribution is 2.29. The van der Waals surface area contributed by atoms with E-state index in [1.54, 1.807) is 42.5 Å². The number of ether oxygens (including phenoxy) is 2. The second-order valence-corrected chi connectivity index (χ2v) is 10.3. The summed E-state index contributed by atoms with van der Waals surface area (Å²) >= 11 is 5.88. The topological polar surface area (TPSA) is 106 Å². The zero-order valence-corrected chi connectivity index (χ0v) is 25.1. The standard InChI is InChI=1S/C32H44ClN3O5/c1-3-5-6-7-8-9-10-11-12-13-14-15-30(37)34-24-31(38)36-35-23-25-16-21-28(29(22-25)40-4-2)41-32(39)26-17-19-27(33)20-18-26/h16-23H,3-15,24H2,1-2H3,(H,34,37)(H,36,38). The summed E-state index contributed by atoms with van der Waals surface area (Å²) in [6, 6.07) is 11.3. The Morgan fingerprint density at radius 1 is 0.805 bits per heavy atom. The lowest BCUT2D eigenvalue weighted by Crippen LogP contribution is -2.34. The van der Waals surface area contributed by atoms with Crippen LogP contribution in [0.2, 0.25) is 5.02 Å². The highest BCUT2D eigenvalue weighted by molar-refractivity contribution is 6.30. The van der Waals surface area contributed by atoms with E-state index >= 15 is 0 Å². The first-order valence-electron chi connectivity index (χ1n) is 14.8. The number of benzene rings is 2. The maximum absolute atomic E-state index is 12.5. The average Bonchev–Trinajstić information content (AvgIpc) is 2.96. The minimum Gasteiger partial charge on any atom is -0.490 e. The van der Waals surface area contributed by atoms with Crippen LogP contribution in [0.5, 0.6) is 11.5 Å². The molecule has 0 aliphatic carbocycles. The molecule has 0 atom stereocenters. The van der Waals surface area contributed by atoms with Gasteiger partial charge in [0.2, 0.25) is 5.91 Å². The van der Waals surface area contributed by atoms with Crippen molar-refractivity contribution in [3.63, 3.8) is 0 Å². The lowest BCUT2D eigenvalue weighted by Gasteiger charge is -2.11. The summed E-state index contributed by atoms with van der Waals surface area (Å²) < 4.78 is 11.1. The van der Waals surface area contributed by atoms with Crippen molar-refractivity contribution in [3.8, 4) is 11.5 Å². The largest absolute Gasteiger partial charge is 0.490 e. The Morgan fingerprint density at radius 2 is 1.44 bits per heavy atom. The molecule has 2 amide bonds. The molecule has 0 saturated carbocycles. The van der Waals surface area contributed by atoms with Gasteiger partial charge in [-0.2, -0.15) is 5.10 Å². The smallest absolute Gasteiger partial charge is 0.343 e. The molecule has 0 saturated heterocycles. The van der Waals surface area contributed by atoms with Gasteiger partial charge in [0.1, 0.15) is 0 Å². The van der Waals surface area contributed by atoms with E-state index in [1.807, 2.05) is 6.92 Å². The van der Waals surface area contributed by atoms with Gasteiger partial charge in [-0.3, -0.25) is 9.59 Å². The number of unbranched alkanes of at least 4 members (excludes halogenated alkanes) is 10. The van der Waals surface area contributed by atoms with E-state index in [9.17, 15) is 14.4 Å². The monoisotopic (exact) mass is 585 g/mol. The van der Waals surface area contributed by atoms with Gasteiger partial charge >= 0.3 is 5.97 Å². The van der Waals surface area contributed by atoms with Crippen molar-refractivity contribution < 1.29 is 23.9 Å². The Hall–Kier alpha value is -3.39. The molecule has 2 rings (SSSR count). The molecular formula is C32H44ClN3O5. The molecule has 0 bridgehead atoms. The Morgan fingerprint density at radius 3 is 2.07 bits per heavy atom. The number of hydrazone groups is 1. The molecule has 0 aliphatic heterocycles. The van der Waals surface area contributed by atoms with Gasteiger partial charge in [0, 0.05) is 11.4 Å². The van der Waals surface area contributed by atoms with Crippen LogP contribution >= 0.6 is 11.6 Å². The van der Waals surface area contributed by atoms with Crippen molar-refractivity contribution in [2.75, 3.05) is 13.2 Å². The summed E-state index contributed by atoms with van der Waals surface area (Å²) in [5.41, 5.74) is 3.38. The van der Waals surface area contributed by atoms with Gasteiger partial charge in [-0.15, -0.1) is 0 Å². The number of nitrogens with one attached hydrogen (secondary N) is 2. The molecule has 0 radical (unpaired) electrons. The van der Waals surface area contributed by atoms with E-state index in [1.165, 1.54) is 57.6 Å². The van der Waals surface area contributed by atoms with Crippen LogP contribution in [0.3, 0.4) is 0 Å². The molecule has 0 heterocycles. The van der Waals surface area contributed by atoms with Gasteiger partial charge in [-0.1, -0.05) is 82.7 Å². The van der Waals surface area contributed by atoms with Crippen molar-refractivity contribution in [2.45, 2.75) is 90.9 Å². The van der Waals surface area contributed by atoms with Crippen molar-refractivity contribution in [1.29, 1.82) is 0 Å². The number of carbonyl (C=O) groups excluding carboxylic acids is 3. The van der Waals surface area contributed by atoms with E-state index in [0.29, 0.717) is 34.9 Å². The summed E-state index contributed by atoms with van der Waals surface area (Å²) in [4.78, 5) is 36.6. The molecule has 0 fully saturated rings. The molecule has 0 aromatic heterocycles. The normalized spacial score (nSPS) is 10.9. The van der Waals surface area contributed by atoms with E-state index in [-0.39, 0.29) is 18.2 Å². The van der Waals surface area contributed by atoms with Crippen LogP contribution in [-0.4, -0.2) is 37.1 Å². The van der Waals surface area contributed by atoms with Crippen LogP contribution < -0.4 is 20.2 Å². The van der Waals surface area contributed by atoms with Gasteiger partial charge in [-0.25, -0.2) is 10.2 Å². The summed E-state index contributed by atoms with van der Waals surface area (Å²) in [5.74, 6) is -0.479. The minimum absolute atomic E-state index is 0.134. The second kappa shape index (κ2) is 20.5. The van der Waals surface area contributed by atoms with Crippen LogP contribution in [0.25, 0.3) is 0 Å². The van der Waals surface area contributed by atoms with E-state index < -0.39 is 11.9 Å². The molecule has 2 aromatic rings. The number of halogens is 1. The fourth-order valence-corrected chi connectivity index (χ4v) is 4.26. The van der Waals surface area contributed by atoms with E-state index in [0.717, 1.165) is 19.3 Å². The molecule has 41 heavy (non-hydrogen) atoms. The minimum atomic E-state index is -0.540. The molecule has 0 spiro atoms. The molecule has 0 aliphatic rings. The molecule has 8 nitrogen and oxygen atoms in total. The third kappa shape index (κ3) is 14.7. The van der Waals surface area contributed by atoms with Crippen LogP contribution in [0, 0.1) is 0 Å². The lowest BCUT2D eigenvalue weighted by atomic mass is 10.1. The van der Waals surface area contributed by atoms with Crippen molar-refractivity contribution in [2.24, 2.45) is 5.10 Å². The first-order chi connectivity index (χ1) is 19.9. The predicted octanol–water partition coefficient (Wildman–Crippen LogP) is 7.23. The number of nitrogens with zero attached hydrogens (tertiary/aromatic N) is 1. The lowest BCUT2D eigenvalue weighted by molar-refractivity contribution is -0.126. The SMILES string of the molecule is CCCCCCCCCCCCCC(=O)NCC(=O)NN=Cc1ccc(OC(=O)c2ccc(Cl)cc2)c(OCC)c1. The van der Waals surface area contributed by atoms with Gasteiger partial charge in [0.05, 0.1) is 24.9 Å².